The maximum absolute atomic E-state index is 13.2. The summed E-state index contributed by atoms with van der Waals surface area (Å²) < 4.78 is 0. The maximum Gasteiger partial charge on any atom is 0.245 e. The second kappa shape index (κ2) is 7.96. The van der Waals surface area contributed by atoms with Crippen LogP contribution < -0.4 is 9.80 Å². The molecule has 0 bridgehead atoms. The van der Waals surface area contributed by atoms with Crippen LogP contribution in [0.4, 0.5) is 11.6 Å². The predicted molar refractivity (Wildman–Crippen MR) is 107 cm³/mol. The number of para-hydroxylation sites is 1. The molecule has 3 heterocycles. The van der Waals surface area contributed by atoms with Crippen molar-refractivity contribution in [3.05, 3.63) is 48.3 Å². The summed E-state index contributed by atoms with van der Waals surface area (Å²) in [6, 6.07) is 9.21. The van der Waals surface area contributed by atoms with Crippen LogP contribution in [0.3, 0.4) is 0 Å². The SMILES string of the molecule is C[C@H](C(=O)N1CCN(c2ncccn2)CC1)N1C(=O)CCCc2ccccc21. The van der Waals surface area contributed by atoms with Gasteiger partial charge in [0.15, 0.2) is 0 Å². The number of amides is 2. The van der Waals surface area contributed by atoms with Gasteiger partial charge in [0.1, 0.15) is 6.04 Å². The van der Waals surface area contributed by atoms with Crippen LogP contribution in [0, 0.1) is 0 Å². The molecule has 0 unspecified atom stereocenters. The van der Waals surface area contributed by atoms with Crippen LogP contribution in [0.1, 0.15) is 25.3 Å². The Hall–Kier alpha value is -2.96. The number of rotatable bonds is 3. The van der Waals surface area contributed by atoms with E-state index in [0.717, 1.165) is 24.1 Å². The minimum atomic E-state index is -0.508. The van der Waals surface area contributed by atoms with Gasteiger partial charge in [-0.2, -0.15) is 0 Å². The monoisotopic (exact) mass is 379 g/mol. The van der Waals surface area contributed by atoms with Gasteiger partial charge in [0, 0.05) is 50.7 Å². The molecule has 0 radical (unpaired) electrons. The summed E-state index contributed by atoms with van der Waals surface area (Å²) in [5.74, 6) is 0.722. The minimum absolute atomic E-state index is 0.00122. The number of piperazine rings is 1. The van der Waals surface area contributed by atoms with Crippen LogP contribution in [0.2, 0.25) is 0 Å². The zero-order chi connectivity index (χ0) is 19.5. The molecular weight excluding hydrogens is 354 g/mol. The van der Waals surface area contributed by atoms with E-state index in [1.54, 1.807) is 23.4 Å². The first kappa shape index (κ1) is 18.4. The average Bonchev–Trinajstić information content (AvgIpc) is 2.91. The number of nitrogens with zero attached hydrogens (tertiary/aromatic N) is 5. The third-order valence-electron chi connectivity index (χ3n) is 5.53. The highest BCUT2D eigenvalue weighted by atomic mass is 16.2. The molecule has 1 aromatic heterocycles. The van der Waals surface area contributed by atoms with Crippen molar-refractivity contribution in [2.45, 2.75) is 32.2 Å². The summed E-state index contributed by atoms with van der Waals surface area (Å²) in [6.45, 7) is 4.42. The molecule has 1 atom stereocenters. The van der Waals surface area contributed by atoms with Crippen molar-refractivity contribution in [2.24, 2.45) is 0 Å². The average molecular weight is 379 g/mol. The molecule has 2 amide bonds. The first-order valence-electron chi connectivity index (χ1n) is 9.86. The Morgan fingerprint density at radius 2 is 1.71 bits per heavy atom. The van der Waals surface area contributed by atoms with Crippen molar-refractivity contribution in [1.82, 2.24) is 14.9 Å². The van der Waals surface area contributed by atoms with Crippen molar-refractivity contribution in [3.63, 3.8) is 0 Å². The highest BCUT2D eigenvalue weighted by Gasteiger charge is 2.34. The lowest BCUT2D eigenvalue weighted by Gasteiger charge is -2.38. The lowest BCUT2D eigenvalue weighted by molar-refractivity contribution is -0.134. The van der Waals surface area contributed by atoms with Gasteiger partial charge in [0.25, 0.3) is 0 Å². The van der Waals surface area contributed by atoms with Gasteiger partial charge in [0.2, 0.25) is 17.8 Å². The van der Waals surface area contributed by atoms with E-state index in [1.165, 1.54) is 0 Å². The van der Waals surface area contributed by atoms with Crippen molar-refractivity contribution >= 4 is 23.5 Å². The number of benzene rings is 1. The molecule has 7 heteroatoms. The van der Waals surface area contributed by atoms with Crippen molar-refractivity contribution in [3.8, 4) is 0 Å². The van der Waals surface area contributed by atoms with Gasteiger partial charge < -0.3 is 9.80 Å². The van der Waals surface area contributed by atoms with Gasteiger partial charge in [-0.15, -0.1) is 0 Å². The molecule has 7 nitrogen and oxygen atoms in total. The van der Waals surface area contributed by atoms with Gasteiger partial charge in [-0.05, 0) is 37.5 Å². The van der Waals surface area contributed by atoms with E-state index in [-0.39, 0.29) is 11.8 Å². The summed E-state index contributed by atoms with van der Waals surface area (Å²) in [4.78, 5) is 40.2. The first-order valence-corrected chi connectivity index (χ1v) is 9.86. The van der Waals surface area contributed by atoms with Gasteiger partial charge in [-0.25, -0.2) is 9.97 Å². The molecule has 28 heavy (non-hydrogen) atoms. The highest BCUT2D eigenvalue weighted by Crippen LogP contribution is 2.29. The van der Waals surface area contributed by atoms with E-state index in [0.29, 0.717) is 38.5 Å². The molecule has 1 aromatic carbocycles. The Balaban J connectivity index is 1.47. The normalized spacial score (nSPS) is 18.5. The Morgan fingerprint density at radius 3 is 2.46 bits per heavy atom. The highest BCUT2D eigenvalue weighted by molar-refractivity contribution is 6.01. The first-order chi connectivity index (χ1) is 13.6. The van der Waals surface area contributed by atoms with Crippen LogP contribution in [-0.2, 0) is 16.0 Å². The van der Waals surface area contributed by atoms with Crippen molar-refractivity contribution < 1.29 is 9.59 Å². The standard InChI is InChI=1S/C21H25N5O2/c1-16(26-18-8-3-2-6-17(18)7-4-9-19(26)27)20(28)24-12-14-25(15-13-24)21-22-10-5-11-23-21/h2-3,5-6,8,10-11,16H,4,7,9,12-15H2,1H3/t16-/m1/s1. The molecule has 0 N–H and O–H groups in total. The molecule has 2 aliphatic heterocycles. The molecule has 146 valence electrons. The zero-order valence-corrected chi connectivity index (χ0v) is 16.1. The Kier molecular flexibility index (Phi) is 5.23. The van der Waals surface area contributed by atoms with Crippen LogP contribution in [0.5, 0.6) is 0 Å². The number of aryl methyl sites for hydroxylation is 1. The fourth-order valence-electron chi connectivity index (χ4n) is 4.02. The molecule has 4 rings (SSSR count). The minimum Gasteiger partial charge on any atom is -0.337 e. The number of carbonyl (C=O) groups excluding carboxylic acids is 2. The molecule has 0 spiro atoms. The maximum atomic E-state index is 13.2. The number of hydrogen-bond donors (Lipinski definition) is 0. The van der Waals surface area contributed by atoms with Crippen LogP contribution >= 0.6 is 0 Å². The number of aromatic nitrogens is 2. The fraction of sp³-hybridized carbons (Fsp3) is 0.429. The fourth-order valence-corrected chi connectivity index (χ4v) is 4.02. The lowest BCUT2D eigenvalue weighted by atomic mass is 10.1. The second-order valence-corrected chi connectivity index (χ2v) is 7.28. The zero-order valence-electron chi connectivity index (χ0n) is 16.1. The van der Waals surface area contributed by atoms with E-state index in [4.69, 9.17) is 0 Å². The largest absolute Gasteiger partial charge is 0.337 e. The summed E-state index contributed by atoms with van der Waals surface area (Å²) in [7, 11) is 0. The van der Waals surface area contributed by atoms with E-state index in [1.807, 2.05) is 30.0 Å². The number of hydrogen-bond acceptors (Lipinski definition) is 5. The van der Waals surface area contributed by atoms with Crippen molar-refractivity contribution in [2.75, 3.05) is 36.0 Å². The second-order valence-electron chi connectivity index (χ2n) is 7.28. The van der Waals surface area contributed by atoms with E-state index in [9.17, 15) is 9.59 Å². The van der Waals surface area contributed by atoms with E-state index in [2.05, 4.69) is 20.9 Å². The number of fused-ring (bicyclic) bond motifs is 1. The third-order valence-corrected chi connectivity index (χ3v) is 5.53. The Morgan fingerprint density at radius 1 is 1.00 bits per heavy atom. The molecule has 2 aliphatic rings. The predicted octanol–water partition coefficient (Wildman–Crippen LogP) is 1.88. The number of carbonyl (C=O) groups is 2. The molecule has 2 aromatic rings. The summed E-state index contributed by atoms with van der Waals surface area (Å²) in [5.41, 5.74) is 2.02. The molecule has 1 fully saturated rings. The smallest absolute Gasteiger partial charge is 0.245 e. The van der Waals surface area contributed by atoms with Crippen LogP contribution in [0.25, 0.3) is 0 Å². The molecule has 0 saturated carbocycles. The van der Waals surface area contributed by atoms with Crippen LogP contribution in [-0.4, -0.2) is 58.9 Å². The van der Waals surface area contributed by atoms with Gasteiger partial charge in [0.05, 0.1) is 0 Å². The summed E-state index contributed by atoms with van der Waals surface area (Å²) >= 11 is 0. The summed E-state index contributed by atoms with van der Waals surface area (Å²) in [6.07, 6.45) is 5.62. The van der Waals surface area contributed by atoms with Gasteiger partial charge in [-0.1, -0.05) is 18.2 Å². The summed E-state index contributed by atoms with van der Waals surface area (Å²) in [5, 5.41) is 0. The Bertz CT molecular complexity index is 849. The molecular formula is C21H25N5O2. The van der Waals surface area contributed by atoms with Gasteiger partial charge in [-0.3, -0.25) is 14.5 Å². The van der Waals surface area contributed by atoms with Crippen molar-refractivity contribution in [1.29, 1.82) is 0 Å². The number of anilines is 2. The van der Waals surface area contributed by atoms with E-state index < -0.39 is 6.04 Å². The van der Waals surface area contributed by atoms with Gasteiger partial charge >= 0.3 is 0 Å². The van der Waals surface area contributed by atoms with E-state index >= 15 is 0 Å². The Labute approximate surface area is 165 Å². The molecule has 1 saturated heterocycles. The van der Waals surface area contributed by atoms with Crippen LogP contribution in [0.15, 0.2) is 42.7 Å². The lowest BCUT2D eigenvalue weighted by Crippen LogP contribution is -2.55. The third kappa shape index (κ3) is 3.56. The topological polar surface area (TPSA) is 69.6 Å². The quantitative estimate of drug-likeness (QED) is 0.815. The molecule has 0 aliphatic carbocycles.